The molecule has 0 amide bonds. The number of rotatable bonds is 6. The first-order chi connectivity index (χ1) is 6.23. The molecular formula is C4H14NNaO7P2. The third-order valence-corrected chi connectivity index (χ3v) is 3.12. The molecule has 8 nitrogen and oxygen atoms in total. The molecule has 11 heteroatoms. The van der Waals surface area contributed by atoms with E-state index in [1.54, 1.807) is 0 Å². The second-order valence-corrected chi connectivity index (χ2v) is 5.09. The third-order valence-electron chi connectivity index (χ3n) is 1.32. The molecule has 0 aromatic heterocycles. The fraction of sp³-hybridized carbons (Fsp3) is 1.00. The summed E-state index contributed by atoms with van der Waals surface area (Å²) < 4.78 is 25.1. The number of hydrogen-bond acceptors (Lipinski definition) is 5. The Bertz CT molecular complexity index is 243. The molecule has 0 heterocycles. The van der Waals surface area contributed by atoms with Crippen LogP contribution in [0.1, 0.15) is 12.8 Å². The van der Waals surface area contributed by atoms with Crippen molar-refractivity contribution >= 4 is 45.4 Å². The topological polar surface area (TPSA) is 150 Å². The van der Waals surface area contributed by atoms with Crippen LogP contribution in [-0.4, -0.2) is 61.4 Å². The van der Waals surface area contributed by atoms with Gasteiger partial charge in [0, 0.05) is 0 Å². The Labute approximate surface area is 109 Å². The van der Waals surface area contributed by atoms with Crippen LogP contribution in [0.4, 0.5) is 0 Å². The van der Waals surface area contributed by atoms with Crippen molar-refractivity contribution in [2.45, 2.75) is 24.9 Å². The summed E-state index contributed by atoms with van der Waals surface area (Å²) in [6.07, 6.45) is -1.67. The molecule has 0 aliphatic carbocycles. The van der Waals surface area contributed by atoms with Crippen LogP contribution in [0.25, 0.3) is 0 Å². The molecule has 0 aromatic rings. The number of nitrogens with two attached hydrogens (primary N) is 1. The molecule has 3 unspecified atom stereocenters. The summed E-state index contributed by atoms with van der Waals surface area (Å²) in [4.78, 5) is 25.7. The van der Waals surface area contributed by atoms with Crippen molar-refractivity contribution in [1.82, 2.24) is 0 Å². The van der Waals surface area contributed by atoms with Gasteiger partial charge in [-0.15, -0.1) is 0 Å². The summed E-state index contributed by atoms with van der Waals surface area (Å²) in [6.45, 7) is 0. The average Bonchev–Trinajstić information content (AvgIpc) is 1.94. The van der Waals surface area contributed by atoms with Crippen molar-refractivity contribution in [2.24, 2.45) is 5.73 Å². The molecule has 3 atom stereocenters. The Morgan fingerprint density at radius 1 is 1.40 bits per heavy atom. The fourth-order valence-corrected chi connectivity index (χ4v) is 2.38. The summed E-state index contributed by atoms with van der Waals surface area (Å²) >= 11 is 0. The van der Waals surface area contributed by atoms with Crippen LogP contribution < -0.4 is 5.73 Å². The Kier molecular flexibility index (Phi) is 10.3. The minimum absolute atomic E-state index is 0. The number of aliphatic hydroxyl groups is 1. The Morgan fingerprint density at radius 3 is 2.13 bits per heavy atom. The molecular weight excluding hydrogens is 259 g/mol. The zero-order valence-electron chi connectivity index (χ0n) is 7.11. The van der Waals surface area contributed by atoms with E-state index in [0.29, 0.717) is 0 Å². The van der Waals surface area contributed by atoms with Crippen LogP contribution in [0.5, 0.6) is 0 Å². The van der Waals surface area contributed by atoms with Crippen molar-refractivity contribution in [3.05, 3.63) is 0 Å². The van der Waals surface area contributed by atoms with Gasteiger partial charge in [-0.25, -0.2) is 0 Å². The van der Waals surface area contributed by atoms with Gasteiger partial charge < -0.3 is 25.5 Å². The van der Waals surface area contributed by atoms with Crippen molar-refractivity contribution in [1.29, 1.82) is 0 Å². The molecule has 0 fully saturated rings. The second kappa shape index (κ2) is 8.33. The first-order valence-electron chi connectivity index (χ1n) is 3.62. The van der Waals surface area contributed by atoms with Crippen molar-refractivity contribution in [3.63, 3.8) is 0 Å². The standard InChI is InChI=1S/C4H13NO7P2.Na.H/c5-3(6)1-2-4(12-13(7)8)14(9,10)11;;/h3-4,6,13H,1-2,5H2,(H,7,8)(H2,9,10,11);;. The quantitative estimate of drug-likeness (QED) is 0.218. The molecule has 0 spiro atoms. The van der Waals surface area contributed by atoms with Crippen LogP contribution in [0.3, 0.4) is 0 Å². The zero-order valence-corrected chi connectivity index (χ0v) is 9.00. The van der Waals surface area contributed by atoms with Crippen molar-refractivity contribution in [2.75, 3.05) is 0 Å². The molecule has 0 aliphatic rings. The van der Waals surface area contributed by atoms with Crippen LogP contribution >= 0.6 is 15.9 Å². The van der Waals surface area contributed by atoms with E-state index < -0.39 is 27.9 Å². The van der Waals surface area contributed by atoms with Gasteiger partial charge in [-0.2, -0.15) is 0 Å². The van der Waals surface area contributed by atoms with Gasteiger partial charge in [0.05, 0.1) is 0 Å². The van der Waals surface area contributed by atoms with Crippen LogP contribution in [0.2, 0.25) is 0 Å². The number of hydrogen-bond donors (Lipinski definition) is 5. The van der Waals surface area contributed by atoms with E-state index in [4.69, 9.17) is 25.5 Å². The Balaban J connectivity index is 0. The van der Waals surface area contributed by atoms with Crippen molar-refractivity contribution < 1.29 is 33.4 Å². The molecule has 0 rings (SSSR count). The molecule has 0 aromatic carbocycles. The SMILES string of the molecule is NC(O)CCC(O[PH](=O)O)P(=O)(O)O.[NaH]. The van der Waals surface area contributed by atoms with Gasteiger partial charge >= 0.3 is 45.4 Å². The Morgan fingerprint density at radius 2 is 1.87 bits per heavy atom. The van der Waals surface area contributed by atoms with E-state index in [2.05, 4.69) is 4.52 Å². The van der Waals surface area contributed by atoms with Gasteiger partial charge in [-0.1, -0.05) is 0 Å². The predicted molar refractivity (Wildman–Crippen MR) is 54.7 cm³/mol. The molecule has 0 saturated carbocycles. The minimum atomic E-state index is -4.61. The molecule has 6 N–H and O–H groups in total. The monoisotopic (exact) mass is 273 g/mol. The summed E-state index contributed by atoms with van der Waals surface area (Å²) in [5.74, 6) is -1.70. The maximum absolute atomic E-state index is 10.7. The average molecular weight is 273 g/mol. The van der Waals surface area contributed by atoms with E-state index in [1.807, 2.05) is 0 Å². The maximum atomic E-state index is 10.7. The molecule has 0 bridgehead atoms. The fourth-order valence-electron chi connectivity index (χ4n) is 0.725. The molecule has 15 heavy (non-hydrogen) atoms. The van der Waals surface area contributed by atoms with E-state index in [1.165, 1.54) is 0 Å². The predicted octanol–water partition coefficient (Wildman–Crippen LogP) is -1.70. The summed E-state index contributed by atoms with van der Waals surface area (Å²) in [6, 6.07) is 0. The first kappa shape index (κ1) is 18.6. The van der Waals surface area contributed by atoms with E-state index >= 15 is 0 Å². The second-order valence-electron chi connectivity index (χ2n) is 2.57. The van der Waals surface area contributed by atoms with E-state index in [-0.39, 0.29) is 42.4 Å². The Hall–Kier alpha value is 1.22. The number of aliphatic hydroxyl groups excluding tert-OH is 1. The molecule has 88 valence electrons. The normalized spacial score (nSPS) is 17.7. The summed E-state index contributed by atoms with van der Waals surface area (Å²) in [5.41, 5.74) is 4.93. The molecule has 0 radical (unpaired) electrons. The van der Waals surface area contributed by atoms with Gasteiger partial charge in [-0.3, -0.25) is 13.7 Å². The van der Waals surface area contributed by atoms with Crippen LogP contribution in [0, 0.1) is 0 Å². The third kappa shape index (κ3) is 10.1. The van der Waals surface area contributed by atoms with E-state index in [0.717, 1.165) is 0 Å². The van der Waals surface area contributed by atoms with E-state index in [9.17, 15) is 9.13 Å². The van der Waals surface area contributed by atoms with Gasteiger partial charge in [0.15, 0.2) is 5.85 Å². The van der Waals surface area contributed by atoms with Gasteiger partial charge in [0.2, 0.25) is 0 Å². The molecule has 0 aliphatic heterocycles. The summed E-state index contributed by atoms with van der Waals surface area (Å²) in [7, 11) is -8.04. The molecule has 0 saturated heterocycles. The van der Waals surface area contributed by atoms with Crippen LogP contribution in [0.15, 0.2) is 0 Å². The van der Waals surface area contributed by atoms with Crippen LogP contribution in [-0.2, 0) is 13.7 Å². The zero-order chi connectivity index (χ0) is 11.4. The summed E-state index contributed by atoms with van der Waals surface area (Å²) in [5, 5.41) is 8.64. The first-order valence-corrected chi connectivity index (χ1v) is 6.56. The van der Waals surface area contributed by atoms with Gasteiger partial charge in [0.25, 0.3) is 0 Å². The van der Waals surface area contributed by atoms with Gasteiger partial charge in [-0.05, 0) is 12.8 Å². The van der Waals surface area contributed by atoms with Gasteiger partial charge in [0.1, 0.15) is 6.23 Å². The van der Waals surface area contributed by atoms with Crippen molar-refractivity contribution in [3.8, 4) is 0 Å².